The van der Waals surface area contributed by atoms with E-state index < -0.39 is 12.2 Å². The molecule has 2 aliphatic rings. The number of halogens is 1. The Balaban J connectivity index is 1.54. The summed E-state index contributed by atoms with van der Waals surface area (Å²) in [4.78, 5) is 41.9. The molecule has 0 spiro atoms. The Kier molecular flexibility index (Phi) is 6.25. The molecule has 0 saturated carbocycles. The van der Waals surface area contributed by atoms with E-state index in [1.165, 1.54) is 9.80 Å². The van der Waals surface area contributed by atoms with E-state index in [9.17, 15) is 14.4 Å². The first kappa shape index (κ1) is 21.3. The van der Waals surface area contributed by atoms with Crippen molar-refractivity contribution >= 4 is 35.1 Å². The molecule has 2 saturated heterocycles. The third-order valence-electron chi connectivity index (χ3n) is 5.71. The van der Waals surface area contributed by atoms with E-state index in [0.717, 1.165) is 17.5 Å². The lowest BCUT2D eigenvalue weighted by atomic mass is 9.91. The molecule has 2 fully saturated rings. The van der Waals surface area contributed by atoms with E-state index in [4.69, 9.17) is 11.6 Å². The maximum atomic E-state index is 13.3. The molecule has 2 N–H and O–H groups in total. The number of rotatable bonds is 5. The summed E-state index contributed by atoms with van der Waals surface area (Å²) >= 11 is 5.99. The number of carbonyl (C=O) groups is 3. The highest BCUT2D eigenvalue weighted by atomic mass is 35.5. The highest BCUT2D eigenvalue weighted by molar-refractivity contribution is 6.30. The topological polar surface area (TPSA) is 81.8 Å². The lowest BCUT2D eigenvalue weighted by molar-refractivity contribution is -0.143. The van der Waals surface area contributed by atoms with Crippen LogP contribution in [-0.4, -0.2) is 46.9 Å². The molecule has 0 bridgehead atoms. The molecule has 4 amide bonds. The average Bonchev–Trinajstić information content (AvgIpc) is 2.75. The van der Waals surface area contributed by atoms with E-state index in [2.05, 4.69) is 10.6 Å². The minimum Gasteiger partial charge on any atom is -0.324 e. The molecule has 2 heterocycles. The van der Waals surface area contributed by atoms with Crippen molar-refractivity contribution in [2.24, 2.45) is 5.92 Å². The highest BCUT2D eigenvalue weighted by Gasteiger charge is 2.47. The van der Waals surface area contributed by atoms with Crippen molar-refractivity contribution in [2.75, 3.05) is 18.4 Å². The molecule has 2 aromatic rings. The fourth-order valence-electron chi connectivity index (χ4n) is 4.14. The summed E-state index contributed by atoms with van der Waals surface area (Å²) in [6, 6.07) is 14.1. The van der Waals surface area contributed by atoms with E-state index >= 15 is 0 Å². The Bertz CT molecular complexity index is 995. The van der Waals surface area contributed by atoms with Gasteiger partial charge in [0, 0.05) is 10.7 Å². The van der Waals surface area contributed by atoms with Gasteiger partial charge < -0.3 is 5.32 Å². The standard InChI is InChI=1S/C23H25ClN4O3/c1-15-7-9-16(10-8-15)13-28-22(30)19-6-3-11-25-21(19)27(23(28)31)14-20(29)26-18-5-2-4-17(24)12-18/h2,4-5,7-10,12,19,21,25H,3,6,11,13-14H2,1H3,(H,26,29). The van der Waals surface area contributed by atoms with Crippen LogP contribution in [0.2, 0.25) is 5.02 Å². The van der Waals surface area contributed by atoms with Gasteiger partial charge in [0.25, 0.3) is 0 Å². The molecular formula is C23H25ClN4O3. The first-order valence-corrected chi connectivity index (χ1v) is 10.8. The number of hydrogen-bond donors (Lipinski definition) is 2. The van der Waals surface area contributed by atoms with Crippen molar-refractivity contribution in [1.82, 2.24) is 15.1 Å². The van der Waals surface area contributed by atoms with Crippen LogP contribution in [0, 0.1) is 12.8 Å². The largest absolute Gasteiger partial charge is 0.328 e. The zero-order chi connectivity index (χ0) is 22.0. The van der Waals surface area contributed by atoms with Crippen LogP contribution in [0.3, 0.4) is 0 Å². The summed E-state index contributed by atoms with van der Waals surface area (Å²) in [5, 5.41) is 6.55. The second-order valence-electron chi connectivity index (χ2n) is 8.03. The van der Waals surface area contributed by atoms with Crippen molar-refractivity contribution in [3.05, 3.63) is 64.7 Å². The number of imide groups is 1. The third-order valence-corrected chi connectivity index (χ3v) is 5.94. The normalized spacial score (nSPS) is 21.1. The average molecular weight is 441 g/mol. The van der Waals surface area contributed by atoms with Crippen molar-refractivity contribution < 1.29 is 14.4 Å². The number of nitrogens with one attached hydrogen (secondary N) is 2. The minimum atomic E-state index is -0.479. The van der Waals surface area contributed by atoms with Gasteiger partial charge in [0.2, 0.25) is 11.8 Å². The van der Waals surface area contributed by atoms with E-state index in [-0.39, 0.29) is 30.8 Å². The number of benzene rings is 2. The molecule has 0 aromatic heterocycles. The van der Waals surface area contributed by atoms with Gasteiger partial charge in [0.05, 0.1) is 18.6 Å². The maximum Gasteiger partial charge on any atom is 0.328 e. The number of hydrogen-bond acceptors (Lipinski definition) is 4. The summed E-state index contributed by atoms with van der Waals surface area (Å²) < 4.78 is 0. The lowest BCUT2D eigenvalue weighted by Crippen LogP contribution is -2.68. The van der Waals surface area contributed by atoms with Crippen molar-refractivity contribution in [3.63, 3.8) is 0 Å². The van der Waals surface area contributed by atoms with Crippen LogP contribution in [0.15, 0.2) is 48.5 Å². The summed E-state index contributed by atoms with van der Waals surface area (Å²) in [5.74, 6) is -0.892. The SMILES string of the molecule is Cc1ccc(CN2C(=O)C3CCCNC3N(CC(=O)Nc3cccc(Cl)c3)C2=O)cc1. The van der Waals surface area contributed by atoms with E-state index in [1.807, 2.05) is 31.2 Å². The predicted molar refractivity (Wildman–Crippen MR) is 118 cm³/mol. The minimum absolute atomic E-state index is 0.156. The van der Waals surface area contributed by atoms with Crippen LogP contribution in [-0.2, 0) is 16.1 Å². The molecule has 162 valence electrons. The van der Waals surface area contributed by atoms with Gasteiger partial charge in [-0.3, -0.25) is 24.7 Å². The zero-order valence-electron chi connectivity index (χ0n) is 17.3. The number of aryl methyl sites for hydroxylation is 1. The number of urea groups is 1. The quantitative estimate of drug-likeness (QED) is 0.746. The Morgan fingerprint density at radius 3 is 2.71 bits per heavy atom. The molecule has 2 atom stereocenters. The number of amides is 4. The zero-order valence-corrected chi connectivity index (χ0v) is 18.1. The number of anilines is 1. The first-order valence-electron chi connectivity index (χ1n) is 10.4. The van der Waals surface area contributed by atoms with E-state index in [1.54, 1.807) is 24.3 Å². The molecule has 0 aliphatic carbocycles. The first-order chi connectivity index (χ1) is 14.9. The molecule has 8 heteroatoms. The Morgan fingerprint density at radius 1 is 1.19 bits per heavy atom. The smallest absolute Gasteiger partial charge is 0.324 e. The van der Waals surface area contributed by atoms with Crippen LogP contribution in [0.5, 0.6) is 0 Å². The van der Waals surface area contributed by atoms with Crippen LogP contribution < -0.4 is 10.6 Å². The van der Waals surface area contributed by atoms with Gasteiger partial charge in [0.1, 0.15) is 6.54 Å². The fourth-order valence-corrected chi connectivity index (χ4v) is 4.33. The van der Waals surface area contributed by atoms with Crippen molar-refractivity contribution in [3.8, 4) is 0 Å². The fraction of sp³-hybridized carbons (Fsp3) is 0.348. The molecule has 0 radical (unpaired) electrons. The van der Waals surface area contributed by atoms with Crippen LogP contribution in [0.1, 0.15) is 24.0 Å². The molecular weight excluding hydrogens is 416 g/mol. The molecule has 7 nitrogen and oxygen atoms in total. The summed E-state index contributed by atoms with van der Waals surface area (Å²) in [6.45, 7) is 2.72. The Hall–Kier alpha value is -2.90. The van der Waals surface area contributed by atoms with Gasteiger partial charge in [-0.1, -0.05) is 47.5 Å². The van der Waals surface area contributed by atoms with Gasteiger partial charge in [0.15, 0.2) is 0 Å². The highest BCUT2D eigenvalue weighted by Crippen LogP contribution is 2.29. The van der Waals surface area contributed by atoms with Crippen molar-refractivity contribution in [2.45, 2.75) is 32.5 Å². The molecule has 2 aliphatic heterocycles. The lowest BCUT2D eigenvalue weighted by Gasteiger charge is -2.46. The second kappa shape index (κ2) is 9.08. The summed E-state index contributed by atoms with van der Waals surface area (Å²) in [6.07, 6.45) is 1.05. The van der Waals surface area contributed by atoms with Gasteiger partial charge in [-0.05, 0) is 50.1 Å². The molecule has 31 heavy (non-hydrogen) atoms. The summed E-state index contributed by atoms with van der Waals surface area (Å²) in [7, 11) is 0. The van der Waals surface area contributed by atoms with Crippen LogP contribution >= 0.6 is 11.6 Å². The maximum absolute atomic E-state index is 13.3. The van der Waals surface area contributed by atoms with Gasteiger partial charge in [-0.25, -0.2) is 4.79 Å². The molecule has 2 unspecified atom stereocenters. The van der Waals surface area contributed by atoms with Crippen LogP contribution in [0.25, 0.3) is 0 Å². The van der Waals surface area contributed by atoms with E-state index in [0.29, 0.717) is 23.7 Å². The number of piperidine rings is 1. The van der Waals surface area contributed by atoms with Gasteiger partial charge >= 0.3 is 6.03 Å². The predicted octanol–water partition coefficient (Wildman–Crippen LogP) is 3.38. The third kappa shape index (κ3) is 4.73. The van der Waals surface area contributed by atoms with Crippen molar-refractivity contribution in [1.29, 1.82) is 0 Å². The van der Waals surface area contributed by atoms with Crippen LogP contribution in [0.4, 0.5) is 10.5 Å². The number of carbonyl (C=O) groups excluding carboxylic acids is 3. The number of nitrogens with zero attached hydrogens (tertiary/aromatic N) is 2. The Morgan fingerprint density at radius 2 is 1.97 bits per heavy atom. The molecule has 4 rings (SSSR count). The summed E-state index contributed by atoms with van der Waals surface area (Å²) in [5.41, 5.74) is 2.54. The second-order valence-corrected chi connectivity index (χ2v) is 8.46. The molecule has 2 aromatic carbocycles. The Labute approximate surface area is 186 Å². The van der Waals surface area contributed by atoms with Gasteiger partial charge in [-0.2, -0.15) is 0 Å². The number of fused-ring (bicyclic) bond motifs is 1. The monoisotopic (exact) mass is 440 g/mol. The van der Waals surface area contributed by atoms with Gasteiger partial charge in [-0.15, -0.1) is 0 Å².